The van der Waals surface area contributed by atoms with E-state index in [9.17, 15) is 22.7 Å². The van der Waals surface area contributed by atoms with Gasteiger partial charge in [-0.15, -0.1) is 0 Å². The van der Waals surface area contributed by atoms with E-state index in [0.717, 1.165) is 19.3 Å². The average Bonchev–Trinajstić information content (AvgIpc) is 2.97. The molecule has 0 saturated heterocycles. The summed E-state index contributed by atoms with van der Waals surface area (Å²) in [5.74, 6) is -3.49. The Hall–Kier alpha value is -0.360. The van der Waals surface area contributed by atoms with Gasteiger partial charge in [-0.05, 0) is 18.8 Å². The van der Waals surface area contributed by atoms with Crippen molar-refractivity contribution < 1.29 is 27.4 Å². The van der Waals surface area contributed by atoms with E-state index >= 15 is 0 Å². The topological polar surface area (TPSA) is 29.5 Å². The Morgan fingerprint density at radius 3 is 2.44 bits per heavy atom. The van der Waals surface area contributed by atoms with Crippen LogP contribution in [0, 0.1) is 5.92 Å². The Balaban J connectivity index is 2.04. The number of hydrogen-bond donors (Lipinski definition) is 1. The molecule has 1 rings (SSSR count). The molecule has 1 N–H and O–H groups in total. The molecule has 0 spiro atoms. The third-order valence-corrected chi connectivity index (χ3v) is 2.53. The second-order valence-electron chi connectivity index (χ2n) is 4.25. The number of hydrogen-bond acceptors (Lipinski definition) is 2. The minimum atomic E-state index is -4.13. The van der Waals surface area contributed by atoms with Gasteiger partial charge in [0.25, 0.3) is 0 Å². The summed E-state index contributed by atoms with van der Waals surface area (Å²) in [6.07, 6.45) is -0.945. The molecule has 1 aliphatic carbocycles. The molecule has 1 unspecified atom stereocenters. The lowest BCUT2D eigenvalue weighted by atomic mass is 10.1. The Bertz CT molecular complexity index is 207. The van der Waals surface area contributed by atoms with Crippen molar-refractivity contribution in [2.75, 3.05) is 13.2 Å². The Morgan fingerprint density at radius 2 is 1.94 bits per heavy atom. The lowest BCUT2D eigenvalue weighted by molar-refractivity contribution is -0.170. The fourth-order valence-corrected chi connectivity index (χ4v) is 1.31. The van der Waals surface area contributed by atoms with E-state index in [1.54, 1.807) is 0 Å². The zero-order chi connectivity index (χ0) is 12.2. The molecule has 1 fully saturated rings. The van der Waals surface area contributed by atoms with Crippen LogP contribution in [0.3, 0.4) is 0 Å². The molecule has 96 valence electrons. The first-order valence-corrected chi connectivity index (χ1v) is 5.33. The van der Waals surface area contributed by atoms with Crippen molar-refractivity contribution in [1.29, 1.82) is 0 Å². The van der Waals surface area contributed by atoms with Gasteiger partial charge in [-0.1, -0.05) is 12.8 Å². The first-order valence-electron chi connectivity index (χ1n) is 5.33. The number of aliphatic hydroxyl groups is 1. The van der Waals surface area contributed by atoms with Crippen molar-refractivity contribution in [3.63, 3.8) is 0 Å². The first-order chi connectivity index (χ1) is 7.42. The van der Waals surface area contributed by atoms with Gasteiger partial charge >= 0.3 is 12.3 Å². The van der Waals surface area contributed by atoms with Crippen LogP contribution in [0.4, 0.5) is 17.6 Å². The predicted molar refractivity (Wildman–Crippen MR) is 49.7 cm³/mol. The van der Waals surface area contributed by atoms with Crippen LogP contribution in [0.25, 0.3) is 0 Å². The molecule has 1 aliphatic rings. The highest BCUT2D eigenvalue weighted by atomic mass is 19.3. The molecule has 0 heterocycles. The van der Waals surface area contributed by atoms with Crippen molar-refractivity contribution in [3.05, 3.63) is 0 Å². The third kappa shape index (κ3) is 5.12. The number of rotatable bonds is 8. The molecule has 0 aromatic rings. The van der Waals surface area contributed by atoms with Gasteiger partial charge in [0.15, 0.2) is 0 Å². The molecule has 2 nitrogen and oxygen atoms in total. The van der Waals surface area contributed by atoms with E-state index in [1.165, 1.54) is 0 Å². The fraction of sp³-hybridized carbons (Fsp3) is 1.00. The van der Waals surface area contributed by atoms with Crippen LogP contribution in [0.2, 0.25) is 0 Å². The second-order valence-corrected chi connectivity index (χ2v) is 4.25. The third-order valence-electron chi connectivity index (χ3n) is 2.53. The summed E-state index contributed by atoms with van der Waals surface area (Å²) in [5, 5.41) is 9.30. The molecule has 0 radical (unpaired) electrons. The highest BCUT2D eigenvalue weighted by molar-refractivity contribution is 4.74. The largest absolute Gasteiger partial charge is 0.391 e. The second kappa shape index (κ2) is 5.82. The van der Waals surface area contributed by atoms with Gasteiger partial charge in [-0.2, -0.15) is 8.78 Å². The quantitative estimate of drug-likeness (QED) is 0.664. The summed E-state index contributed by atoms with van der Waals surface area (Å²) < 4.78 is 52.5. The molecular weight excluding hydrogens is 228 g/mol. The predicted octanol–water partition coefficient (Wildman–Crippen LogP) is 2.45. The minimum absolute atomic E-state index is 0.310. The number of alkyl halides is 4. The lowest BCUT2D eigenvalue weighted by Crippen LogP contribution is -2.33. The van der Waals surface area contributed by atoms with Crippen molar-refractivity contribution in [1.82, 2.24) is 0 Å². The molecule has 1 saturated carbocycles. The van der Waals surface area contributed by atoms with Crippen molar-refractivity contribution in [2.24, 2.45) is 5.92 Å². The zero-order valence-corrected chi connectivity index (χ0v) is 8.84. The van der Waals surface area contributed by atoms with Gasteiger partial charge in [0.2, 0.25) is 0 Å². The molecular formula is C10H16F4O2. The molecule has 6 heteroatoms. The number of ether oxygens (including phenoxy) is 1. The number of aliphatic hydroxyl groups excluding tert-OH is 1. The van der Waals surface area contributed by atoms with E-state index in [0.29, 0.717) is 12.3 Å². The monoisotopic (exact) mass is 244 g/mol. The van der Waals surface area contributed by atoms with Crippen LogP contribution < -0.4 is 0 Å². The van der Waals surface area contributed by atoms with Crippen molar-refractivity contribution in [2.45, 2.75) is 44.1 Å². The maximum absolute atomic E-state index is 12.4. The summed E-state index contributed by atoms with van der Waals surface area (Å²) in [4.78, 5) is 0. The van der Waals surface area contributed by atoms with Crippen LogP contribution in [0.15, 0.2) is 0 Å². The summed E-state index contributed by atoms with van der Waals surface area (Å²) in [6.45, 7) is -1.65. The molecule has 0 amide bonds. The summed E-state index contributed by atoms with van der Waals surface area (Å²) in [7, 11) is 0. The Morgan fingerprint density at radius 1 is 1.31 bits per heavy atom. The van der Waals surface area contributed by atoms with Crippen molar-refractivity contribution in [3.8, 4) is 0 Å². The Labute approximate surface area is 91.6 Å². The van der Waals surface area contributed by atoms with E-state index < -0.39 is 25.1 Å². The highest BCUT2D eigenvalue weighted by Crippen LogP contribution is 2.33. The van der Waals surface area contributed by atoms with Gasteiger partial charge in [-0.3, -0.25) is 0 Å². The smallest absolute Gasteiger partial charge is 0.330 e. The number of halogens is 4. The maximum atomic E-state index is 12.4. The molecule has 1 atom stereocenters. The molecule has 0 aromatic carbocycles. The van der Waals surface area contributed by atoms with E-state index in [1.807, 2.05) is 0 Å². The average molecular weight is 244 g/mol. The molecule has 0 aromatic heterocycles. The summed E-state index contributed by atoms with van der Waals surface area (Å²) >= 11 is 0. The normalized spacial score (nSPS) is 19.1. The lowest BCUT2D eigenvalue weighted by Gasteiger charge is -2.17. The van der Waals surface area contributed by atoms with Gasteiger partial charge in [-0.25, -0.2) is 8.78 Å². The van der Waals surface area contributed by atoms with E-state index in [-0.39, 0.29) is 6.61 Å². The van der Waals surface area contributed by atoms with E-state index in [2.05, 4.69) is 4.74 Å². The summed E-state index contributed by atoms with van der Waals surface area (Å²) in [5.41, 5.74) is 0. The molecule has 0 aliphatic heterocycles. The van der Waals surface area contributed by atoms with Gasteiger partial charge in [0, 0.05) is 0 Å². The van der Waals surface area contributed by atoms with Crippen LogP contribution in [0.1, 0.15) is 25.7 Å². The van der Waals surface area contributed by atoms with Gasteiger partial charge in [0.1, 0.15) is 6.61 Å². The minimum Gasteiger partial charge on any atom is -0.391 e. The maximum Gasteiger partial charge on any atom is 0.330 e. The fourth-order valence-electron chi connectivity index (χ4n) is 1.31. The van der Waals surface area contributed by atoms with Crippen LogP contribution in [-0.4, -0.2) is 36.8 Å². The first kappa shape index (κ1) is 13.7. The van der Waals surface area contributed by atoms with Gasteiger partial charge < -0.3 is 9.84 Å². The van der Waals surface area contributed by atoms with E-state index in [4.69, 9.17) is 0 Å². The van der Waals surface area contributed by atoms with Crippen LogP contribution in [0.5, 0.6) is 0 Å². The molecule has 0 bridgehead atoms. The summed E-state index contributed by atoms with van der Waals surface area (Å²) in [6, 6.07) is 0. The SMILES string of the molecule is OC(CCC1CC1)COCC(F)(F)C(F)F. The molecule has 16 heavy (non-hydrogen) atoms. The Kier molecular flexibility index (Phi) is 4.98. The van der Waals surface area contributed by atoms with Crippen LogP contribution >= 0.6 is 0 Å². The highest BCUT2D eigenvalue weighted by Gasteiger charge is 2.41. The van der Waals surface area contributed by atoms with Crippen molar-refractivity contribution >= 4 is 0 Å². The zero-order valence-electron chi connectivity index (χ0n) is 8.84. The standard InChI is InChI=1S/C10H16F4O2/c11-9(12)10(13,14)6-16-5-8(15)4-3-7-1-2-7/h7-9,15H,1-6H2. The van der Waals surface area contributed by atoms with Gasteiger partial charge in [0.05, 0.1) is 12.7 Å². The van der Waals surface area contributed by atoms with Crippen LogP contribution in [-0.2, 0) is 4.74 Å².